The summed E-state index contributed by atoms with van der Waals surface area (Å²) >= 11 is 6.03. The number of rotatable bonds is 5. The van der Waals surface area contributed by atoms with Crippen molar-refractivity contribution >= 4 is 17.5 Å². The largest absolute Gasteiger partial charge is 0.381 e. The number of carbonyl (C=O) groups is 1. The SMILES string of the molecule is CN(C(=O)CC(c1ccccc1)c1ccc(Cl)cc1)C1CCOCC1. The molecule has 0 aliphatic carbocycles. The lowest BCUT2D eigenvalue weighted by Crippen LogP contribution is -2.41. The smallest absolute Gasteiger partial charge is 0.223 e. The minimum atomic E-state index is 0.0354. The van der Waals surface area contributed by atoms with E-state index in [4.69, 9.17) is 16.3 Å². The molecule has 2 aromatic rings. The topological polar surface area (TPSA) is 29.5 Å². The number of hydrogen-bond acceptors (Lipinski definition) is 2. The van der Waals surface area contributed by atoms with E-state index in [-0.39, 0.29) is 17.9 Å². The highest BCUT2D eigenvalue weighted by Crippen LogP contribution is 2.30. The van der Waals surface area contributed by atoms with Crippen molar-refractivity contribution < 1.29 is 9.53 Å². The van der Waals surface area contributed by atoms with Crippen molar-refractivity contribution in [1.29, 1.82) is 0 Å². The molecule has 0 N–H and O–H groups in total. The Hall–Kier alpha value is -1.84. The molecule has 0 aromatic heterocycles. The summed E-state index contributed by atoms with van der Waals surface area (Å²) in [5.74, 6) is 0.212. The Bertz CT molecular complexity index is 681. The maximum absolute atomic E-state index is 12.9. The van der Waals surface area contributed by atoms with Gasteiger partial charge in [-0.2, -0.15) is 0 Å². The first kappa shape index (κ1) is 18.0. The van der Waals surface area contributed by atoms with E-state index < -0.39 is 0 Å². The quantitative estimate of drug-likeness (QED) is 0.788. The molecule has 25 heavy (non-hydrogen) atoms. The fourth-order valence-corrected chi connectivity index (χ4v) is 3.53. The molecule has 1 saturated heterocycles. The van der Waals surface area contributed by atoms with Gasteiger partial charge >= 0.3 is 0 Å². The summed E-state index contributed by atoms with van der Waals surface area (Å²) in [6.45, 7) is 1.48. The van der Waals surface area contributed by atoms with Gasteiger partial charge in [-0.15, -0.1) is 0 Å². The second-order valence-electron chi connectivity index (χ2n) is 6.57. The number of benzene rings is 2. The summed E-state index contributed by atoms with van der Waals surface area (Å²) in [6, 6.07) is 18.3. The van der Waals surface area contributed by atoms with E-state index in [1.54, 1.807) is 0 Å². The predicted octanol–water partition coefficient (Wildman–Crippen LogP) is 4.50. The second kappa shape index (κ2) is 8.50. The Balaban J connectivity index is 1.79. The molecule has 4 heteroatoms. The zero-order valence-electron chi connectivity index (χ0n) is 14.5. The van der Waals surface area contributed by atoms with Crippen LogP contribution in [0.1, 0.15) is 36.3 Å². The third-order valence-electron chi connectivity index (χ3n) is 4.98. The first-order valence-corrected chi connectivity index (χ1v) is 9.17. The zero-order chi connectivity index (χ0) is 17.6. The molecule has 3 nitrogen and oxygen atoms in total. The molecule has 1 unspecified atom stereocenters. The summed E-state index contributed by atoms with van der Waals surface area (Å²) in [5.41, 5.74) is 2.27. The molecule has 132 valence electrons. The maximum Gasteiger partial charge on any atom is 0.223 e. The Labute approximate surface area is 154 Å². The first-order valence-electron chi connectivity index (χ1n) is 8.79. The molecule has 3 rings (SSSR count). The molecule has 0 radical (unpaired) electrons. The Morgan fingerprint density at radius 1 is 1.08 bits per heavy atom. The lowest BCUT2D eigenvalue weighted by Gasteiger charge is -2.32. The molecule has 2 aromatic carbocycles. The lowest BCUT2D eigenvalue weighted by molar-refractivity contribution is -0.133. The molecule has 1 fully saturated rings. The third kappa shape index (κ3) is 4.62. The van der Waals surface area contributed by atoms with Gasteiger partial charge in [0.15, 0.2) is 0 Å². The fraction of sp³-hybridized carbons (Fsp3) is 0.381. The third-order valence-corrected chi connectivity index (χ3v) is 5.24. The lowest BCUT2D eigenvalue weighted by atomic mass is 9.88. The molecule has 1 aliphatic heterocycles. The van der Waals surface area contributed by atoms with Crippen molar-refractivity contribution in [2.24, 2.45) is 0 Å². The summed E-state index contributed by atoms with van der Waals surface area (Å²) in [4.78, 5) is 14.8. The van der Waals surface area contributed by atoms with E-state index in [1.165, 1.54) is 0 Å². The molecule has 1 aliphatic rings. The normalized spacial score (nSPS) is 16.4. The van der Waals surface area contributed by atoms with Gasteiger partial charge in [0.1, 0.15) is 0 Å². The van der Waals surface area contributed by atoms with Gasteiger partial charge in [-0.25, -0.2) is 0 Å². The fourth-order valence-electron chi connectivity index (χ4n) is 3.40. The van der Waals surface area contributed by atoms with E-state index in [1.807, 2.05) is 54.4 Å². The van der Waals surface area contributed by atoms with Crippen LogP contribution in [0.15, 0.2) is 54.6 Å². The van der Waals surface area contributed by atoms with Gasteiger partial charge in [0.2, 0.25) is 5.91 Å². The molecular weight excluding hydrogens is 334 g/mol. The molecule has 0 spiro atoms. The van der Waals surface area contributed by atoms with Gasteiger partial charge < -0.3 is 9.64 Å². The van der Waals surface area contributed by atoms with Crippen molar-refractivity contribution in [3.8, 4) is 0 Å². The predicted molar refractivity (Wildman–Crippen MR) is 101 cm³/mol. The van der Waals surface area contributed by atoms with Gasteiger partial charge in [0.05, 0.1) is 0 Å². The van der Waals surface area contributed by atoms with Crippen LogP contribution < -0.4 is 0 Å². The number of hydrogen-bond donors (Lipinski definition) is 0. The highest BCUT2D eigenvalue weighted by molar-refractivity contribution is 6.30. The van der Waals surface area contributed by atoms with Crippen LogP contribution in [-0.4, -0.2) is 37.1 Å². The van der Waals surface area contributed by atoms with Crippen LogP contribution >= 0.6 is 11.6 Å². The minimum absolute atomic E-state index is 0.0354. The first-order chi connectivity index (χ1) is 12.1. The van der Waals surface area contributed by atoms with Crippen LogP contribution in [0.25, 0.3) is 0 Å². The van der Waals surface area contributed by atoms with Crippen LogP contribution in [0.4, 0.5) is 0 Å². The van der Waals surface area contributed by atoms with Crippen LogP contribution in [-0.2, 0) is 9.53 Å². The highest BCUT2D eigenvalue weighted by Gasteiger charge is 2.26. The van der Waals surface area contributed by atoms with Gasteiger partial charge in [0, 0.05) is 43.7 Å². The Morgan fingerprint density at radius 2 is 1.68 bits per heavy atom. The van der Waals surface area contributed by atoms with Crippen LogP contribution in [0.2, 0.25) is 5.02 Å². The summed E-state index contributed by atoms with van der Waals surface area (Å²) < 4.78 is 5.41. The average molecular weight is 358 g/mol. The van der Waals surface area contributed by atoms with Crippen molar-refractivity contribution in [2.75, 3.05) is 20.3 Å². The minimum Gasteiger partial charge on any atom is -0.381 e. The monoisotopic (exact) mass is 357 g/mol. The van der Waals surface area contributed by atoms with Gasteiger partial charge in [-0.3, -0.25) is 4.79 Å². The molecule has 1 heterocycles. The number of nitrogens with zero attached hydrogens (tertiary/aromatic N) is 1. The van der Waals surface area contributed by atoms with Crippen LogP contribution in [0.3, 0.4) is 0 Å². The number of carbonyl (C=O) groups excluding carboxylic acids is 1. The van der Waals surface area contributed by atoms with E-state index in [0.717, 1.165) is 37.2 Å². The molecular formula is C21H24ClNO2. The summed E-state index contributed by atoms with van der Waals surface area (Å²) in [6.07, 6.45) is 2.29. The Kier molecular flexibility index (Phi) is 6.11. The van der Waals surface area contributed by atoms with Crippen molar-refractivity contribution in [2.45, 2.75) is 31.2 Å². The van der Waals surface area contributed by atoms with Gasteiger partial charge in [-0.05, 0) is 36.1 Å². The van der Waals surface area contributed by atoms with Crippen molar-refractivity contribution in [3.63, 3.8) is 0 Å². The summed E-state index contributed by atoms with van der Waals surface area (Å²) in [7, 11) is 1.92. The standard InChI is InChI=1S/C21H24ClNO2/c1-23(19-11-13-25-14-12-19)21(24)15-20(16-5-3-2-4-6-16)17-7-9-18(22)10-8-17/h2-10,19-20H,11-15H2,1H3. The Morgan fingerprint density at radius 3 is 2.32 bits per heavy atom. The van der Waals surface area contributed by atoms with E-state index in [9.17, 15) is 4.79 Å². The summed E-state index contributed by atoms with van der Waals surface area (Å²) in [5, 5.41) is 0.709. The number of amides is 1. The van der Waals surface area contributed by atoms with Crippen LogP contribution in [0, 0.1) is 0 Å². The van der Waals surface area contributed by atoms with Gasteiger partial charge in [-0.1, -0.05) is 54.1 Å². The highest BCUT2D eigenvalue weighted by atomic mass is 35.5. The van der Waals surface area contributed by atoms with Crippen molar-refractivity contribution in [1.82, 2.24) is 4.90 Å². The number of ether oxygens (including phenoxy) is 1. The van der Waals surface area contributed by atoms with E-state index in [2.05, 4.69) is 12.1 Å². The molecule has 1 atom stereocenters. The van der Waals surface area contributed by atoms with Crippen molar-refractivity contribution in [3.05, 3.63) is 70.7 Å². The van der Waals surface area contributed by atoms with Crippen LogP contribution in [0.5, 0.6) is 0 Å². The van der Waals surface area contributed by atoms with E-state index >= 15 is 0 Å². The molecule has 0 bridgehead atoms. The average Bonchev–Trinajstić information content (AvgIpc) is 2.67. The van der Waals surface area contributed by atoms with Gasteiger partial charge in [0.25, 0.3) is 0 Å². The van der Waals surface area contributed by atoms with E-state index in [0.29, 0.717) is 11.4 Å². The maximum atomic E-state index is 12.9. The second-order valence-corrected chi connectivity index (χ2v) is 7.00. The molecule has 1 amide bonds. The zero-order valence-corrected chi connectivity index (χ0v) is 15.3. The molecule has 0 saturated carbocycles. The number of halogens is 1.